The number of nitrogens with two attached hydrogens (primary N) is 1. The second kappa shape index (κ2) is 9.35. The van der Waals surface area contributed by atoms with Gasteiger partial charge in [0.05, 0.1) is 18.5 Å². The zero-order chi connectivity index (χ0) is 22.8. The number of primary amides is 1. The molecule has 9 nitrogen and oxygen atoms in total. The molecule has 1 saturated heterocycles. The summed E-state index contributed by atoms with van der Waals surface area (Å²) in [5, 5.41) is 13.7. The first kappa shape index (κ1) is 22.4. The van der Waals surface area contributed by atoms with Crippen molar-refractivity contribution in [3.05, 3.63) is 57.6 Å². The fourth-order valence-corrected chi connectivity index (χ4v) is 6.85. The number of carbonyl (C=O) groups is 4. The lowest BCUT2D eigenvalue weighted by molar-refractivity contribution is -0.150. The summed E-state index contributed by atoms with van der Waals surface area (Å²) in [6, 6.07) is 8.40. The van der Waals surface area contributed by atoms with E-state index in [4.69, 9.17) is 5.73 Å². The van der Waals surface area contributed by atoms with E-state index in [1.165, 1.54) is 28.0 Å². The molecule has 0 radical (unpaired) electrons. The highest BCUT2D eigenvalue weighted by Crippen LogP contribution is 2.45. The molecule has 1 aromatic heterocycles. The predicted molar refractivity (Wildman–Crippen MR) is 121 cm³/mol. The Hall–Kier alpha value is -2.83. The van der Waals surface area contributed by atoms with Gasteiger partial charge in [-0.2, -0.15) is 0 Å². The molecule has 1 fully saturated rings. The SMILES string of the molecule is NC(=O)Cc1csc(SC2=C(C(=O)O)N3C(=O)[C@@H](NC(=O)Cc4ccccc4)[C@H]3SC2)n1. The molecule has 4 rings (SSSR count). The van der Waals surface area contributed by atoms with Crippen molar-refractivity contribution in [2.45, 2.75) is 28.6 Å². The molecule has 2 aromatic rings. The van der Waals surface area contributed by atoms with Gasteiger partial charge in [0.25, 0.3) is 5.91 Å². The lowest BCUT2D eigenvalue weighted by atomic mass is 10.0. The van der Waals surface area contributed by atoms with Crippen LogP contribution in [-0.4, -0.2) is 55.8 Å². The average Bonchev–Trinajstić information content (AvgIpc) is 3.18. The Morgan fingerprint density at radius 1 is 1.25 bits per heavy atom. The number of nitrogens with one attached hydrogen (secondary N) is 1. The minimum atomic E-state index is -1.21. The fraction of sp³-hybridized carbons (Fsp3) is 0.250. The van der Waals surface area contributed by atoms with Crippen LogP contribution in [-0.2, 0) is 32.0 Å². The zero-order valence-electron chi connectivity index (χ0n) is 16.5. The quantitative estimate of drug-likeness (QED) is 0.469. The summed E-state index contributed by atoms with van der Waals surface area (Å²) in [6.45, 7) is 0. The molecule has 166 valence electrons. The number of hydrogen-bond acceptors (Lipinski definition) is 8. The van der Waals surface area contributed by atoms with Crippen LogP contribution < -0.4 is 11.1 Å². The van der Waals surface area contributed by atoms with Gasteiger partial charge in [-0.15, -0.1) is 23.1 Å². The summed E-state index contributed by atoms with van der Waals surface area (Å²) in [5.41, 5.74) is 6.43. The standard InChI is InChI=1S/C20H18N4O5S3/c21-13(25)7-11-8-31-20(22-11)32-12-9-30-18-15(17(27)24(18)16(12)19(28)29)23-14(26)6-10-4-2-1-3-5-10/h1-5,8,15,18H,6-7,9H2,(H2,21,25)(H,23,26)(H,28,29)/t15-,18-/m1/s1. The van der Waals surface area contributed by atoms with Gasteiger partial charge >= 0.3 is 5.97 Å². The molecular formula is C20H18N4O5S3. The minimum Gasteiger partial charge on any atom is -0.477 e. The van der Waals surface area contributed by atoms with E-state index in [1.807, 2.05) is 30.3 Å². The Morgan fingerprint density at radius 2 is 2.00 bits per heavy atom. The highest BCUT2D eigenvalue weighted by atomic mass is 32.2. The number of hydrogen-bond donors (Lipinski definition) is 3. The number of carboxylic acids is 1. The molecule has 3 heterocycles. The lowest BCUT2D eigenvalue weighted by Crippen LogP contribution is -2.70. The van der Waals surface area contributed by atoms with Gasteiger partial charge in [0, 0.05) is 16.0 Å². The molecule has 0 bridgehead atoms. The van der Waals surface area contributed by atoms with Gasteiger partial charge in [0.15, 0.2) is 4.34 Å². The van der Waals surface area contributed by atoms with E-state index in [-0.39, 0.29) is 24.4 Å². The topological polar surface area (TPSA) is 143 Å². The molecule has 12 heteroatoms. The van der Waals surface area contributed by atoms with Crippen LogP contribution in [0.25, 0.3) is 0 Å². The summed E-state index contributed by atoms with van der Waals surface area (Å²) in [6.07, 6.45) is 0.149. The van der Waals surface area contributed by atoms with E-state index in [9.17, 15) is 24.3 Å². The van der Waals surface area contributed by atoms with Crippen molar-refractivity contribution in [2.75, 3.05) is 5.75 Å². The van der Waals surface area contributed by atoms with Crippen molar-refractivity contribution in [3.63, 3.8) is 0 Å². The Kier molecular flexibility index (Phi) is 6.53. The third-order valence-corrected chi connectivity index (χ3v) is 8.29. The number of thioether (sulfide) groups is 2. The first-order valence-electron chi connectivity index (χ1n) is 9.48. The number of β-lactam (4-membered cyclic amide) rings is 1. The van der Waals surface area contributed by atoms with E-state index in [2.05, 4.69) is 10.3 Å². The number of carboxylic acid groups (broad SMARTS) is 1. The molecule has 3 amide bonds. The van der Waals surface area contributed by atoms with Crippen molar-refractivity contribution in [3.8, 4) is 0 Å². The van der Waals surface area contributed by atoms with Crippen LogP contribution in [0.3, 0.4) is 0 Å². The number of carbonyl (C=O) groups excluding carboxylic acids is 3. The summed E-state index contributed by atoms with van der Waals surface area (Å²) < 4.78 is 0.565. The number of aromatic nitrogens is 1. The fourth-order valence-electron chi connectivity index (χ4n) is 3.38. The van der Waals surface area contributed by atoms with Crippen LogP contribution in [0.5, 0.6) is 0 Å². The van der Waals surface area contributed by atoms with Gasteiger partial charge in [-0.05, 0) is 5.56 Å². The molecule has 32 heavy (non-hydrogen) atoms. The summed E-state index contributed by atoms with van der Waals surface area (Å²) >= 11 is 3.83. The first-order chi connectivity index (χ1) is 15.3. The normalized spacial score (nSPS) is 19.9. The van der Waals surface area contributed by atoms with Crippen LogP contribution in [0.2, 0.25) is 0 Å². The highest BCUT2D eigenvalue weighted by Gasteiger charge is 2.54. The van der Waals surface area contributed by atoms with E-state index >= 15 is 0 Å². The van der Waals surface area contributed by atoms with E-state index in [0.29, 0.717) is 20.7 Å². The molecule has 2 aliphatic heterocycles. The van der Waals surface area contributed by atoms with Gasteiger partial charge in [-0.25, -0.2) is 9.78 Å². The number of benzene rings is 1. The smallest absolute Gasteiger partial charge is 0.353 e. The maximum Gasteiger partial charge on any atom is 0.353 e. The second-order valence-corrected chi connectivity index (χ2v) is 10.3. The van der Waals surface area contributed by atoms with Crippen molar-refractivity contribution in [1.29, 1.82) is 0 Å². The van der Waals surface area contributed by atoms with Gasteiger partial charge in [0.1, 0.15) is 17.1 Å². The molecule has 4 N–H and O–H groups in total. The Balaban J connectivity index is 1.46. The molecule has 0 unspecified atom stereocenters. The summed E-state index contributed by atoms with van der Waals surface area (Å²) in [5.74, 6) is -2.10. The highest BCUT2D eigenvalue weighted by molar-refractivity contribution is 8.07. The number of amides is 3. The van der Waals surface area contributed by atoms with Crippen molar-refractivity contribution in [1.82, 2.24) is 15.2 Å². The van der Waals surface area contributed by atoms with Gasteiger partial charge in [-0.3, -0.25) is 19.3 Å². The maximum atomic E-state index is 12.7. The van der Waals surface area contributed by atoms with Gasteiger partial charge in [-0.1, -0.05) is 42.1 Å². The van der Waals surface area contributed by atoms with Crippen molar-refractivity contribution < 1.29 is 24.3 Å². The van der Waals surface area contributed by atoms with Gasteiger partial charge in [0.2, 0.25) is 11.8 Å². The number of thiazole rings is 1. The summed E-state index contributed by atoms with van der Waals surface area (Å²) in [4.78, 5) is 54.2. The summed E-state index contributed by atoms with van der Waals surface area (Å²) in [7, 11) is 0. The average molecular weight is 491 g/mol. The van der Waals surface area contributed by atoms with Crippen LogP contribution in [0.4, 0.5) is 0 Å². The van der Waals surface area contributed by atoms with Crippen LogP contribution in [0.15, 0.2) is 50.7 Å². The van der Waals surface area contributed by atoms with E-state index < -0.39 is 29.2 Å². The Morgan fingerprint density at radius 3 is 2.69 bits per heavy atom. The van der Waals surface area contributed by atoms with E-state index in [1.54, 1.807) is 5.38 Å². The third-order valence-electron chi connectivity index (χ3n) is 4.76. The zero-order valence-corrected chi connectivity index (χ0v) is 19.0. The number of aliphatic carboxylic acids is 1. The number of rotatable bonds is 8. The Labute approximate surface area is 195 Å². The third kappa shape index (κ3) is 4.66. The lowest BCUT2D eigenvalue weighted by Gasteiger charge is -2.49. The van der Waals surface area contributed by atoms with Crippen molar-refractivity contribution in [2.24, 2.45) is 5.73 Å². The molecule has 1 aromatic carbocycles. The van der Waals surface area contributed by atoms with Crippen LogP contribution >= 0.6 is 34.9 Å². The predicted octanol–water partition coefficient (Wildman–Crippen LogP) is 1.20. The molecular weight excluding hydrogens is 472 g/mol. The van der Waals surface area contributed by atoms with E-state index in [0.717, 1.165) is 17.3 Å². The number of nitrogens with zero attached hydrogens (tertiary/aromatic N) is 2. The Bertz CT molecular complexity index is 1120. The minimum absolute atomic E-state index is 0.00763. The van der Waals surface area contributed by atoms with Crippen LogP contribution in [0, 0.1) is 0 Å². The van der Waals surface area contributed by atoms with Gasteiger partial charge < -0.3 is 16.2 Å². The number of fused-ring (bicyclic) bond motifs is 1. The maximum absolute atomic E-state index is 12.7. The monoisotopic (exact) mass is 490 g/mol. The molecule has 0 spiro atoms. The largest absolute Gasteiger partial charge is 0.477 e. The molecule has 0 aliphatic carbocycles. The molecule has 0 saturated carbocycles. The first-order valence-corrected chi connectivity index (χ1v) is 12.2. The van der Waals surface area contributed by atoms with Crippen molar-refractivity contribution >= 4 is 58.6 Å². The van der Waals surface area contributed by atoms with Crippen LogP contribution in [0.1, 0.15) is 11.3 Å². The second-order valence-electron chi connectivity index (χ2n) is 7.04. The molecule has 2 aliphatic rings. The molecule has 2 atom stereocenters.